The Morgan fingerprint density at radius 3 is 2.50 bits per heavy atom. The molecule has 0 aliphatic heterocycles. The molecule has 0 bridgehead atoms. The zero-order valence-corrected chi connectivity index (χ0v) is 9.19. The zero-order valence-electron chi connectivity index (χ0n) is 7.61. The minimum absolute atomic E-state index is 0.0947. The van der Waals surface area contributed by atoms with Gasteiger partial charge in [0, 0.05) is 5.33 Å². The van der Waals surface area contributed by atoms with E-state index in [1.165, 1.54) is 12.1 Å². The van der Waals surface area contributed by atoms with Gasteiger partial charge in [0.2, 0.25) is 0 Å². The Bertz CT molecular complexity index is 306. The molecule has 1 rings (SSSR count). The van der Waals surface area contributed by atoms with Crippen molar-refractivity contribution in [1.29, 1.82) is 0 Å². The maximum Gasteiger partial charge on any atom is 0.416 e. The minimum Gasteiger partial charge on any atom is -0.166 e. The zero-order chi connectivity index (χ0) is 10.8. The molecule has 1 atom stereocenters. The van der Waals surface area contributed by atoms with Gasteiger partial charge in [-0.1, -0.05) is 41.1 Å². The number of rotatable bonds is 2. The van der Waals surface area contributed by atoms with E-state index in [-0.39, 0.29) is 5.92 Å². The lowest BCUT2D eigenvalue weighted by Crippen LogP contribution is -2.06. The van der Waals surface area contributed by atoms with E-state index < -0.39 is 11.7 Å². The molecule has 0 aliphatic rings. The third-order valence-corrected chi connectivity index (χ3v) is 2.99. The molecular formula is C10H10BrF3. The number of alkyl halides is 4. The van der Waals surface area contributed by atoms with Crippen LogP contribution in [0.25, 0.3) is 0 Å². The summed E-state index contributed by atoms with van der Waals surface area (Å²) in [7, 11) is 0. The third kappa shape index (κ3) is 2.74. The van der Waals surface area contributed by atoms with Gasteiger partial charge in [-0.2, -0.15) is 13.2 Å². The number of hydrogen-bond donors (Lipinski definition) is 0. The fourth-order valence-corrected chi connectivity index (χ4v) is 1.48. The van der Waals surface area contributed by atoms with Crippen LogP contribution in [-0.4, -0.2) is 5.33 Å². The fraction of sp³-hybridized carbons (Fsp3) is 0.400. The molecule has 14 heavy (non-hydrogen) atoms. The Balaban J connectivity index is 3.01. The van der Waals surface area contributed by atoms with Gasteiger partial charge in [-0.25, -0.2) is 0 Å². The van der Waals surface area contributed by atoms with E-state index in [0.717, 1.165) is 6.07 Å². The summed E-state index contributed by atoms with van der Waals surface area (Å²) in [5.74, 6) is 0.0947. The molecule has 0 radical (unpaired) electrons. The molecule has 0 spiro atoms. The van der Waals surface area contributed by atoms with Crippen molar-refractivity contribution in [3.05, 3.63) is 35.4 Å². The molecule has 0 saturated heterocycles. The minimum atomic E-state index is -4.25. The summed E-state index contributed by atoms with van der Waals surface area (Å²) in [5, 5.41) is 0.661. The van der Waals surface area contributed by atoms with Crippen LogP contribution >= 0.6 is 15.9 Å². The summed E-state index contributed by atoms with van der Waals surface area (Å²) >= 11 is 3.25. The summed E-state index contributed by atoms with van der Waals surface area (Å²) in [6.07, 6.45) is -4.25. The molecule has 0 fully saturated rings. The van der Waals surface area contributed by atoms with Crippen molar-refractivity contribution in [3.63, 3.8) is 0 Å². The quantitative estimate of drug-likeness (QED) is 0.704. The van der Waals surface area contributed by atoms with Crippen LogP contribution in [0.15, 0.2) is 24.3 Å². The largest absolute Gasteiger partial charge is 0.416 e. The molecule has 0 nitrogen and oxygen atoms in total. The van der Waals surface area contributed by atoms with Gasteiger partial charge in [0.25, 0.3) is 0 Å². The summed E-state index contributed by atoms with van der Waals surface area (Å²) in [5.41, 5.74) is 0.125. The van der Waals surface area contributed by atoms with Crippen molar-refractivity contribution >= 4 is 15.9 Å². The Labute approximate surface area is 89.3 Å². The smallest absolute Gasteiger partial charge is 0.166 e. The van der Waals surface area contributed by atoms with E-state index in [2.05, 4.69) is 15.9 Å². The standard InChI is InChI=1S/C10H10BrF3/c1-7(6-11)8-3-2-4-9(5-8)10(12,13)14/h2-5,7H,6H2,1H3. The lowest BCUT2D eigenvalue weighted by molar-refractivity contribution is -0.137. The molecule has 1 aromatic carbocycles. The summed E-state index contributed by atoms with van der Waals surface area (Å²) in [4.78, 5) is 0. The van der Waals surface area contributed by atoms with Crippen LogP contribution in [0.5, 0.6) is 0 Å². The van der Waals surface area contributed by atoms with Gasteiger partial charge < -0.3 is 0 Å². The highest BCUT2D eigenvalue weighted by molar-refractivity contribution is 9.09. The lowest BCUT2D eigenvalue weighted by atomic mass is 10.0. The maximum atomic E-state index is 12.3. The second-order valence-electron chi connectivity index (χ2n) is 3.18. The van der Waals surface area contributed by atoms with Crippen LogP contribution in [0, 0.1) is 0 Å². The van der Waals surface area contributed by atoms with Crippen LogP contribution in [0.1, 0.15) is 24.0 Å². The predicted octanol–water partition coefficient (Wildman–Crippen LogP) is 4.20. The molecule has 0 heterocycles. The highest BCUT2D eigenvalue weighted by atomic mass is 79.9. The van der Waals surface area contributed by atoms with Gasteiger partial charge in [-0.3, -0.25) is 0 Å². The van der Waals surface area contributed by atoms with Crippen molar-refractivity contribution in [3.8, 4) is 0 Å². The molecule has 0 N–H and O–H groups in total. The van der Waals surface area contributed by atoms with Crippen LogP contribution < -0.4 is 0 Å². The second-order valence-corrected chi connectivity index (χ2v) is 3.83. The molecule has 0 saturated carbocycles. The number of halogens is 4. The van der Waals surface area contributed by atoms with Crippen LogP contribution in [0.4, 0.5) is 13.2 Å². The molecule has 4 heteroatoms. The molecule has 78 valence electrons. The highest BCUT2D eigenvalue weighted by Gasteiger charge is 2.30. The lowest BCUT2D eigenvalue weighted by Gasteiger charge is -2.11. The first-order chi connectivity index (χ1) is 6.45. The van der Waals surface area contributed by atoms with E-state index >= 15 is 0 Å². The van der Waals surface area contributed by atoms with Crippen molar-refractivity contribution in [1.82, 2.24) is 0 Å². The van der Waals surface area contributed by atoms with E-state index in [9.17, 15) is 13.2 Å². The first-order valence-electron chi connectivity index (χ1n) is 4.18. The first kappa shape index (κ1) is 11.6. The molecular weight excluding hydrogens is 257 g/mol. The van der Waals surface area contributed by atoms with E-state index in [1.54, 1.807) is 6.07 Å². The first-order valence-corrected chi connectivity index (χ1v) is 5.30. The monoisotopic (exact) mass is 266 g/mol. The predicted molar refractivity (Wildman–Crippen MR) is 53.7 cm³/mol. The molecule has 1 aromatic rings. The van der Waals surface area contributed by atoms with Crippen molar-refractivity contribution < 1.29 is 13.2 Å². The van der Waals surface area contributed by atoms with E-state index in [0.29, 0.717) is 10.9 Å². The topological polar surface area (TPSA) is 0 Å². The van der Waals surface area contributed by atoms with Crippen molar-refractivity contribution in [2.75, 3.05) is 5.33 Å². The van der Waals surface area contributed by atoms with Gasteiger partial charge in [-0.05, 0) is 17.5 Å². The molecule has 1 unspecified atom stereocenters. The highest BCUT2D eigenvalue weighted by Crippen LogP contribution is 2.31. The van der Waals surface area contributed by atoms with Gasteiger partial charge in [0.05, 0.1) is 5.56 Å². The fourth-order valence-electron chi connectivity index (χ4n) is 1.11. The van der Waals surface area contributed by atoms with Gasteiger partial charge in [0.1, 0.15) is 0 Å². The molecule has 0 amide bonds. The van der Waals surface area contributed by atoms with Crippen molar-refractivity contribution in [2.24, 2.45) is 0 Å². The van der Waals surface area contributed by atoms with Crippen LogP contribution in [0.2, 0.25) is 0 Å². The molecule has 0 aromatic heterocycles. The molecule has 0 aliphatic carbocycles. The summed E-state index contributed by atoms with van der Waals surface area (Å²) < 4.78 is 37.0. The SMILES string of the molecule is CC(CBr)c1cccc(C(F)(F)F)c1. The number of hydrogen-bond acceptors (Lipinski definition) is 0. The summed E-state index contributed by atoms with van der Waals surface area (Å²) in [6, 6.07) is 5.44. The average molecular weight is 267 g/mol. The Hall–Kier alpha value is -0.510. The Kier molecular flexibility index (Phi) is 3.59. The Morgan fingerprint density at radius 1 is 1.36 bits per heavy atom. The van der Waals surface area contributed by atoms with Gasteiger partial charge in [0.15, 0.2) is 0 Å². The second kappa shape index (κ2) is 4.34. The van der Waals surface area contributed by atoms with Gasteiger partial charge in [-0.15, -0.1) is 0 Å². The van der Waals surface area contributed by atoms with E-state index in [4.69, 9.17) is 0 Å². The Morgan fingerprint density at radius 2 is 2.00 bits per heavy atom. The van der Waals surface area contributed by atoms with E-state index in [1.807, 2.05) is 6.92 Å². The van der Waals surface area contributed by atoms with Crippen molar-refractivity contribution in [2.45, 2.75) is 19.0 Å². The van der Waals surface area contributed by atoms with Crippen LogP contribution in [0.3, 0.4) is 0 Å². The third-order valence-electron chi connectivity index (χ3n) is 2.01. The average Bonchev–Trinajstić information content (AvgIpc) is 2.15. The van der Waals surface area contributed by atoms with Gasteiger partial charge >= 0.3 is 6.18 Å². The summed E-state index contributed by atoms with van der Waals surface area (Å²) in [6.45, 7) is 1.88. The van der Waals surface area contributed by atoms with Crippen LogP contribution in [-0.2, 0) is 6.18 Å². The maximum absolute atomic E-state index is 12.3. The number of benzene rings is 1. The normalized spacial score (nSPS) is 14.1.